The van der Waals surface area contributed by atoms with Crippen molar-refractivity contribution in [3.8, 4) is 0 Å². The van der Waals surface area contributed by atoms with Gasteiger partial charge >= 0.3 is 6.18 Å². The quantitative estimate of drug-likeness (QED) is 0.756. The fourth-order valence-electron chi connectivity index (χ4n) is 3.93. The summed E-state index contributed by atoms with van der Waals surface area (Å²) in [4.78, 5) is 13.6. The van der Waals surface area contributed by atoms with Crippen LogP contribution in [0.2, 0.25) is 5.15 Å². The lowest BCUT2D eigenvalue weighted by Crippen LogP contribution is -2.47. The second kappa shape index (κ2) is 7.16. The molecule has 12 heteroatoms. The van der Waals surface area contributed by atoms with E-state index in [0.717, 1.165) is 0 Å². The largest absolute Gasteiger partial charge is 0.406 e. The number of fused-ring (bicyclic) bond motifs is 1. The van der Waals surface area contributed by atoms with Crippen molar-refractivity contribution in [2.75, 3.05) is 23.4 Å². The maximum Gasteiger partial charge on any atom is 0.406 e. The molecular formula is C18H18ClF3N4O3S. The van der Waals surface area contributed by atoms with Crippen LogP contribution in [0.3, 0.4) is 0 Å². The van der Waals surface area contributed by atoms with E-state index in [9.17, 15) is 26.4 Å². The molecule has 0 unspecified atom stereocenters. The van der Waals surface area contributed by atoms with Gasteiger partial charge < -0.3 is 10.2 Å². The van der Waals surface area contributed by atoms with E-state index in [1.165, 1.54) is 10.7 Å². The van der Waals surface area contributed by atoms with Crippen LogP contribution in [0.25, 0.3) is 0 Å². The number of hydrogen-bond acceptors (Lipinski definition) is 5. The molecule has 0 radical (unpaired) electrons. The Morgan fingerprint density at radius 3 is 2.63 bits per heavy atom. The van der Waals surface area contributed by atoms with Crippen LogP contribution in [0, 0.1) is 6.92 Å². The lowest BCUT2D eigenvalue weighted by Gasteiger charge is -2.38. The van der Waals surface area contributed by atoms with Gasteiger partial charge in [-0.25, -0.2) is 13.1 Å². The van der Waals surface area contributed by atoms with Crippen molar-refractivity contribution < 1.29 is 26.4 Å². The highest BCUT2D eigenvalue weighted by Crippen LogP contribution is 2.40. The van der Waals surface area contributed by atoms with Gasteiger partial charge in [0.25, 0.3) is 5.91 Å². The molecule has 3 heterocycles. The van der Waals surface area contributed by atoms with Crippen molar-refractivity contribution in [1.82, 2.24) is 14.7 Å². The number of rotatable bonds is 3. The first kappa shape index (κ1) is 21.0. The van der Waals surface area contributed by atoms with Crippen LogP contribution >= 0.6 is 11.6 Å². The van der Waals surface area contributed by atoms with Crippen molar-refractivity contribution in [2.45, 2.75) is 31.7 Å². The van der Waals surface area contributed by atoms with Gasteiger partial charge in [0.1, 0.15) is 17.9 Å². The number of anilines is 1. The average Bonchev–Trinajstić information content (AvgIpc) is 3.15. The summed E-state index contributed by atoms with van der Waals surface area (Å²) in [6.45, 7) is 0.0934. The summed E-state index contributed by atoms with van der Waals surface area (Å²) in [5.74, 6) is -0.923. The second-order valence-corrected chi connectivity index (χ2v) is 10.0. The van der Waals surface area contributed by atoms with Gasteiger partial charge in [-0.15, -0.1) is 0 Å². The monoisotopic (exact) mass is 462 g/mol. The number of para-hydroxylation sites is 1. The highest BCUT2D eigenvalue weighted by molar-refractivity contribution is 7.91. The van der Waals surface area contributed by atoms with Crippen molar-refractivity contribution in [3.63, 3.8) is 0 Å². The highest BCUT2D eigenvalue weighted by Gasteiger charge is 2.43. The zero-order chi connectivity index (χ0) is 21.8. The summed E-state index contributed by atoms with van der Waals surface area (Å²) >= 11 is 6.49. The Morgan fingerprint density at radius 2 is 2.00 bits per heavy atom. The molecule has 1 aromatic carbocycles. The molecule has 1 aromatic heterocycles. The number of amides is 1. The number of hydrogen-bond donors (Lipinski definition) is 1. The Morgan fingerprint density at radius 1 is 1.30 bits per heavy atom. The fourth-order valence-corrected chi connectivity index (χ4v) is 6.04. The number of nitrogens with one attached hydrogen (secondary N) is 1. The average molecular weight is 463 g/mol. The molecule has 30 heavy (non-hydrogen) atoms. The van der Waals surface area contributed by atoms with Crippen LogP contribution in [0.5, 0.6) is 0 Å². The molecule has 1 fully saturated rings. The van der Waals surface area contributed by atoms with Gasteiger partial charge in [0, 0.05) is 5.69 Å². The maximum absolute atomic E-state index is 13.3. The molecule has 0 bridgehead atoms. The zero-order valence-corrected chi connectivity index (χ0v) is 17.4. The number of nitrogens with zero attached hydrogens (tertiary/aromatic N) is 3. The van der Waals surface area contributed by atoms with Crippen molar-refractivity contribution in [2.24, 2.45) is 0 Å². The standard InChI is InChI=1S/C18H18ClF3N4O3S/c1-10-14(15(19)26(24-10)11-6-7-30(28,29)8-11)16-23-13-5-3-2-4-12(13)17(27)25(16)9-18(20,21)22/h2-5,11,16,23H,6-9H2,1H3/t11-,16-/m1/s1. The van der Waals surface area contributed by atoms with E-state index in [2.05, 4.69) is 10.4 Å². The molecule has 2 aromatic rings. The lowest BCUT2D eigenvalue weighted by molar-refractivity contribution is -0.144. The SMILES string of the molecule is Cc1nn([C@@H]2CCS(=O)(=O)C2)c(Cl)c1[C@@H]1Nc2ccccc2C(=O)N1CC(F)(F)F. The van der Waals surface area contributed by atoms with Gasteiger partial charge in [-0.05, 0) is 25.5 Å². The second-order valence-electron chi connectivity index (χ2n) is 7.43. The van der Waals surface area contributed by atoms with Crippen molar-refractivity contribution in [1.29, 1.82) is 0 Å². The third-order valence-corrected chi connectivity index (χ3v) is 7.40. The fraction of sp³-hybridized carbons (Fsp3) is 0.444. The first-order valence-electron chi connectivity index (χ1n) is 9.15. The number of sulfone groups is 1. The number of carbonyl (C=O) groups excluding carboxylic acids is 1. The van der Waals surface area contributed by atoms with Crippen molar-refractivity contribution in [3.05, 3.63) is 46.2 Å². The minimum absolute atomic E-state index is 0.00399. The van der Waals surface area contributed by atoms with E-state index in [4.69, 9.17) is 11.6 Å². The Labute approximate surface area is 175 Å². The van der Waals surface area contributed by atoms with Crippen LogP contribution in [-0.2, 0) is 9.84 Å². The molecule has 4 rings (SSSR count). The van der Waals surface area contributed by atoms with Gasteiger partial charge in [-0.3, -0.25) is 4.79 Å². The highest BCUT2D eigenvalue weighted by atomic mass is 35.5. The van der Waals surface area contributed by atoms with Crippen LogP contribution in [0.15, 0.2) is 24.3 Å². The lowest BCUT2D eigenvalue weighted by atomic mass is 10.0. The summed E-state index contributed by atoms with van der Waals surface area (Å²) < 4.78 is 64.8. The van der Waals surface area contributed by atoms with Crippen LogP contribution in [0.1, 0.15) is 40.2 Å². The summed E-state index contributed by atoms with van der Waals surface area (Å²) in [5, 5.41) is 7.29. The molecule has 7 nitrogen and oxygen atoms in total. The van der Waals surface area contributed by atoms with E-state index in [1.54, 1.807) is 25.1 Å². The van der Waals surface area contributed by atoms with Crippen LogP contribution in [0.4, 0.5) is 18.9 Å². The van der Waals surface area contributed by atoms with E-state index < -0.39 is 40.7 Å². The van der Waals surface area contributed by atoms with E-state index in [-0.39, 0.29) is 27.8 Å². The predicted molar refractivity (Wildman–Crippen MR) is 104 cm³/mol. The zero-order valence-electron chi connectivity index (χ0n) is 15.8. The number of alkyl halides is 3. The number of aryl methyl sites for hydroxylation is 1. The maximum atomic E-state index is 13.3. The number of aromatic nitrogens is 2. The molecule has 1 amide bonds. The molecule has 2 atom stereocenters. The van der Waals surface area contributed by atoms with Gasteiger partial charge in [-0.1, -0.05) is 23.7 Å². The number of halogens is 4. The van der Waals surface area contributed by atoms with Crippen molar-refractivity contribution >= 4 is 33.0 Å². The molecule has 1 saturated heterocycles. The molecule has 2 aliphatic rings. The van der Waals surface area contributed by atoms with Gasteiger partial charge in [0.15, 0.2) is 9.84 Å². The minimum atomic E-state index is -4.63. The van der Waals surface area contributed by atoms with Crippen LogP contribution < -0.4 is 5.32 Å². The topological polar surface area (TPSA) is 84.3 Å². The minimum Gasteiger partial charge on any atom is -0.361 e. The summed E-state index contributed by atoms with van der Waals surface area (Å²) in [7, 11) is -3.22. The summed E-state index contributed by atoms with van der Waals surface area (Å²) in [6, 6.07) is 5.78. The first-order valence-corrected chi connectivity index (χ1v) is 11.3. The number of carbonyl (C=O) groups is 1. The third kappa shape index (κ3) is 3.76. The van der Waals surface area contributed by atoms with E-state index in [1.807, 2.05) is 0 Å². The normalized spacial score (nSPS) is 23.4. The molecule has 2 aliphatic heterocycles. The molecule has 0 spiro atoms. The molecule has 162 valence electrons. The Kier molecular flexibility index (Phi) is 5.00. The Balaban J connectivity index is 1.78. The van der Waals surface area contributed by atoms with Crippen LogP contribution in [-0.4, -0.2) is 53.2 Å². The van der Waals surface area contributed by atoms with E-state index in [0.29, 0.717) is 22.7 Å². The molecule has 0 saturated carbocycles. The van der Waals surface area contributed by atoms with Gasteiger partial charge in [0.2, 0.25) is 0 Å². The molecular weight excluding hydrogens is 445 g/mol. The van der Waals surface area contributed by atoms with E-state index >= 15 is 0 Å². The Hall–Kier alpha value is -2.27. The smallest absolute Gasteiger partial charge is 0.361 e. The third-order valence-electron chi connectivity index (χ3n) is 5.27. The first-order chi connectivity index (χ1) is 14.0. The molecule has 1 N–H and O–H groups in total. The summed E-state index contributed by atoms with van der Waals surface area (Å²) in [5.41, 5.74) is 1.05. The molecule has 0 aliphatic carbocycles. The Bertz CT molecular complexity index is 1120. The number of benzene rings is 1. The summed E-state index contributed by atoms with van der Waals surface area (Å²) in [6.07, 6.45) is -5.51. The van der Waals surface area contributed by atoms with Gasteiger partial charge in [0.05, 0.1) is 34.4 Å². The predicted octanol–water partition coefficient (Wildman–Crippen LogP) is 3.33. The van der Waals surface area contributed by atoms with Gasteiger partial charge in [-0.2, -0.15) is 18.3 Å².